The lowest BCUT2D eigenvalue weighted by Gasteiger charge is -2.16. The lowest BCUT2D eigenvalue weighted by Crippen LogP contribution is -2.26. The summed E-state index contributed by atoms with van der Waals surface area (Å²) in [7, 11) is 0. The van der Waals surface area contributed by atoms with Gasteiger partial charge in [0.15, 0.2) is 6.10 Å². The van der Waals surface area contributed by atoms with Gasteiger partial charge in [0.1, 0.15) is 11.3 Å². The fourth-order valence-corrected chi connectivity index (χ4v) is 3.31. The van der Waals surface area contributed by atoms with E-state index >= 15 is 0 Å². The number of nitrogens with zero attached hydrogens (tertiary/aromatic N) is 1. The van der Waals surface area contributed by atoms with E-state index < -0.39 is 12.1 Å². The summed E-state index contributed by atoms with van der Waals surface area (Å²) in [4.78, 5) is 38.6. The average molecular weight is 381 g/mol. The number of Topliss-reactive ketones (excluding diaryl/α,β-unsaturated/α-hetero) is 1. The van der Waals surface area contributed by atoms with Crippen LogP contribution in [-0.4, -0.2) is 36.9 Å². The topological polar surface area (TPSA) is 72.9 Å². The molecule has 1 atom stereocenters. The van der Waals surface area contributed by atoms with Gasteiger partial charge in [0.05, 0.1) is 6.61 Å². The molecule has 1 unspecified atom stereocenters. The van der Waals surface area contributed by atoms with E-state index in [1.807, 2.05) is 6.92 Å². The summed E-state index contributed by atoms with van der Waals surface area (Å²) in [6.45, 7) is 5.94. The fraction of sp³-hybridized carbons (Fsp3) is 0.318. The smallest absolute Gasteiger partial charge is 0.342 e. The van der Waals surface area contributed by atoms with Gasteiger partial charge in [-0.1, -0.05) is 12.1 Å². The van der Waals surface area contributed by atoms with Crippen LogP contribution in [0.1, 0.15) is 47.1 Å². The molecule has 1 amide bonds. The number of esters is 1. The molecule has 0 bridgehead atoms. The van der Waals surface area contributed by atoms with Gasteiger partial charge in [-0.15, -0.1) is 0 Å². The zero-order valence-electron chi connectivity index (χ0n) is 16.2. The summed E-state index contributed by atoms with van der Waals surface area (Å²) < 4.78 is 10.8. The average Bonchev–Trinajstić information content (AvgIpc) is 3.11. The highest BCUT2D eigenvalue weighted by Gasteiger charge is 2.26. The Hall–Kier alpha value is -3.15. The van der Waals surface area contributed by atoms with Crippen LogP contribution in [0.25, 0.3) is 0 Å². The number of carbonyl (C=O) groups excluding carboxylic acids is 3. The maximum atomic E-state index is 12.7. The van der Waals surface area contributed by atoms with Crippen LogP contribution in [0.2, 0.25) is 0 Å². The van der Waals surface area contributed by atoms with E-state index in [1.165, 1.54) is 6.92 Å². The molecular formula is C22H23NO5. The highest BCUT2D eigenvalue weighted by atomic mass is 16.5. The number of fused-ring (bicyclic) bond motifs is 1. The molecule has 1 aliphatic rings. The van der Waals surface area contributed by atoms with Crippen molar-refractivity contribution in [3.63, 3.8) is 0 Å². The van der Waals surface area contributed by atoms with Gasteiger partial charge in [-0.25, -0.2) is 4.79 Å². The van der Waals surface area contributed by atoms with Crippen molar-refractivity contribution in [3.8, 4) is 5.75 Å². The molecule has 28 heavy (non-hydrogen) atoms. The first-order valence-electron chi connectivity index (χ1n) is 9.30. The normalized spacial score (nSPS) is 13.6. The third-order valence-corrected chi connectivity index (χ3v) is 4.70. The molecule has 0 radical (unpaired) electrons. The highest BCUT2D eigenvalue weighted by molar-refractivity contribution is 6.03. The molecule has 2 aromatic rings. The minimum atomic E-state index is -0.939. The standard InChI is InChI=1S/C22H23NO5/c1-4-27-20-8-6-5-7-18(20)22(26)28-14(2)21(25)17-9-10-19-16(13-17)11-12-23(19)15(3)24/h5-10,13-14H,4,11-12H2,1-3H3. The van der Waals surface area contributed by atoms with E-state index in [0.29, 0.717) is 30.9 Å². The van der Waals surface area contributed by atoms with Gasteiger partial charge in [0.2, 0.25) is 11.7 Å². The van der Waals surface area contributed by atoms with E-state index in [2.05, 4.69) is 0 Å². The Kier molecular flexibility index (Phi) is 5.78. The van der Waals surface area contributed by atoms with Crippen molar-refractivity contribution in [3.05, 3.63) is 59.2 Å². The number of benzene rings is 2. The molecule has 0 saturated heterocycles. The molecule has 3 rings (SSSR count). The molecule has 0 N–H and O–H groups in total. The molecule has 0 saturated carbocycles. The van der Waals surface area contributed by atoms with Crippen LogP contribution < -0.4 is 9.64 Å². The van der Waals surface area contributed by atoms with Crippen LogP contribution in [0.4, 0.5) is 5.69 Å². The number of ether oxygens (including phenoxy) is 2. The third kappa shape index (κ3) is 3.91. The predicted molar refractivity (Wildman–Crippen MR) is 105 cm³/mol. The summed E-state index contributed by atoms with van der Waals surface area (Å²) >= 11 is 0. The van der Waals surface area contributed by atoms with E-state index in [4.69, 9.17) is 9.47 Å². The first-order chi connectivity index (χ1) is 13.4. The molecule has 0 aromatic heterocycles. The van der Waals surface area contributed by atoms with E-state index in [-0.39, 0.29) is 17.3 Å². The number of anilines is 1. The van der Waals surface area contributed by atoms with Crippen molar-refractivity contribution in [1.29, 1.82) is 0 Å². The lowest BCUT2D eigenvalue weighted by atomic mass is 10.0. The zero-order chi connectivity index (χ0) is 20.3. The molecule has 0 spiro atoms. The first kappa shape index (κ1) is 19.6. The summed E-state index contributed by atoms with van der Waals surface area (Å²) in [5.74, 6) is -0.482. The van der Waals surface area contributed by atoms with Gasteiger partial charge in [-0.3, -0.25) is 9.59 Å². The quantitative estimate of drug-likeness (QED) is 0.566. The Balaban J connectivity index is 1.73. The summed E-state index contributed by atoms with van der Waals surface area (Å²) in [6, 6.07) is 12.0. The Morgan fingerprint density at radius 1 is 1.14 bits per heavy atom. The van der Waals surface area contributed by atoms with Crippen molar-refractivity contribution >= 4 is 23.3 Å². The Bertz CT molecular complexity index is 921. The minimum Gasteiger partial charge on any atom is -0.493 e. The van der Waals surface area contributed by atoms with Crippen molar-refractivity contribution < 1.29 is 23.9 Å². The molecule has 1 heterocycles. The maximum Gasteiger partial charge on any atom is 0.342 e. The van der Waals surface area contributed by atoms with Gasteiger partial charge in [-0.2, -0.15) is 0 Å². The van der Waals surface area contributed by atoms with E-state index in [1.54, 1.807) is 54.3 Å². The van der Waals surface area contributed by atoms with Crippen LogP contribution in [0, 0.1) is 0 Å². The van der Waals surface area contributed by atoms with Crippen molar-refractivity contribution in [2.45, 2.75) is 33.3 Å². The number of carbonyl (C=O) groups is 3. The fourth-order valence-electron chi connectivity index (χ4n) is 3.31. The van der Waals surface area contributed by atoms with Crippen LogP contribution in [0.3, 0.4) is 0 Å². The number of amides is 1. The maximum absolute atomic E-state index is 12.7. The second-order valence-corrected chi connectivity index (χ2v) is 6.61. The molecule has 0 aliphatic carbocycles. The van der Waals surface area contributed by atoms with Gasteiger partial charge in [-0.05, 0) is 56.2 Å². The van der Waals surface area contributed by atoms with Crippen LogP contribution in [0.5, 0.6) is 5.75 Å². The molecule has 2 aromatic carbocycles. The van der Waals surface area contributed by atoms with Crippen LogP contribution in [0.15, 0.2) is 42.5 Å². The van der Waals surface area contributed by atoms with Gasteiger partial charge < -0.3 is 14.4 Å². The molecular weight excluding hydrogens is 358 g/mol. The van der Waals surface area contributed by atoms with Gasteiger partial charge in [0.25, 0.3) is 0 Å². The minimum absolute atomic E-state index is 0.0203. The number of para-hydroxylation sites is 1. The lowest BCUT2D eigenvalue weighted by molar-refractivity contribution is -0.116. The largest absolute Gasteiger partial charge is 0.493 e. The highest BCUT2D eigenvalue weighted by Crippen LogP contribution is 2.29. The molecule has 1 aliphatic heterocycles. The summed E-state index contributed by atoms with van der Waals surface area (Å²) in [5.41, 5.74) is 2.53. The Labute approximate surface area is 164 Å². The second-order valence-electron chi connectivity index (χ2n) is 6.61. The van der Waals surface area contributed by atoms with Crippen LogP contribution >= 0.6 is 0 Å². The third-order valence-electron chi connectivity index (χ3n) is 4.70. The van der Waals surface area contributed by atoms with Crippen molar-refractivity contribution in [1.82, 2.24) is 0 Å². The SMILES string of the molecule is CCOc1ccccc1C(=O)OC(C)C(=O)c1ccc2c(c1)CCN2C(C)=O. The number of ketones is 1. The monoisotopic (exact) mass is 381 g/mol. The van der Waals surface area contributed by atoms with E-state index in [9.17, 15) is 14.4 Å². The summed E-state index contributed by atoms with van der Waals surface area (Å²) in [6.07, 6.45) is -0.239. The van der Waals surface area contributed by atoms with Crippen molar-refractivity contribution in [2.75, 3.05) is 18.1 Å². The zero-order valence-corrected chi connectivity index (χ0v) is 16.2. The predicted octanol–water partition coefficient (Wildman–Crippen LogP) is 3.42. The molecule has 6 heteroatoms. The Morgan fingerprint density at radius 3 is 2.61 bits per heavy atom. The number of hydrogen-bond acceptors (Lipinski definition) is 5. The molecule has 0 fully saturated rings. The van der Waals surface area contributed by atoms with Gasteiger partial charge >= 0.3 is 5.97 Å². The Morgan fingerprint density at radius 2 is 1.89 bits per heavy atom. The number of rotatable bonds is 6. The molecule has 6 nitrogen and oxygen atoms in total. The number of hydrogen-bond donors (Lipinski definition) is 0. The first-order valence-corrected chi connectivity index (χ1v) is 9.30. The van der Waals surface area contributed by atoms with Crippen LogP contribution in [-0.2, 0) is 16.0 Å². The van der Waals surface area contributed by atoms with E-state index in [0.717, 1.165) is 11.3 Å². The van der Waals surface area contributed by atoms with Gasteiger partial charge in [0, 0.05) is 24.7 Å². The summed E-state index contributed by atoms with van der Waals surface area (Å²) in [5, 5.41) is 0. The molecule has 146 valence electrons. The second kappa shape index (κ2) is 8.25. The van der Waals surface area contributed by atoms with Crippen molar-refractivity contribution in [2.24, 2.45) is 0 Å².